The number of thiophene rings is 1. The number of hydrogen-bond acceptors (Lipinski definition) is 5. The van der Waals surface area contributed by atoms with Gasteiger partial charge in [0.15, 0.2) is 0 Å². The molecule has 0 spiro atoms. The molecule has 5 heteroatoms. The van der Waals surface area contributed by atoms with Crippen molar-refractivity contribution < 1.29 is 4.74 Å². The van der Waals surface area contributed by atoms with Crippen molar-refractivity contribution in [1.29, 1.82) is 0 Å². The van der Waals surface area contributed by atoms with Gasteiger partial charge in [-0.1, -0.05) is 19.9 Å². The average Bonchev–Trinajstić information content (AvgIpc) is 2.96. The van der Waals surface area contributed by atoms with E-state index in [0.29, 0.717) is 12.5 Å². The van der Waals surface area contributed by atoms with Gasteiger partial charge >= 0.3 is 0 Å². The SMILES string of the molecule is CCCNc1ncnc(OCc2cccs2)c1CC. The molecular formula is C14H19N3OS. The van der Waals surface area contributed by atoms with Gasteiger partial charge in [0, 0.05) is 11.4 Å². The molecule has 0 saturated heterocycles. The molecule has 102 valence electrons. The standard InChI is InChI=1S/C14H19N3OS/c1-3-7-15-13-12(4-2)14(17-10-16-13)18-9-11-6-5-8-19-11/h5-6,8,10H,3-4,7,9H2,1-2H3,(H,15,16,17). The van der Waals surface area contributed by atoms with Crippen LogP contribution in [0, 0.1) is 0 Å². The van der Waals surface area contributed by atoms with E-state index in [1.807, 2.05) is 11.4 Å². The third-order valence-electron chi connectivity index (χ3n) is 2.73. The number of rotatable bonds is 7. The summed E-state index contributed by atoms with van der Waals surface area (Å²) in [7, 11) is 0. The molecule has 0 amide bonds. The second kappa shape index (κ2) is 7.09. The number of aromatic nitrogens is 2. The second-order valence-electron chi connectivity index (χ2n) is 4.15. The van der Waals surface area contributed by atoms with Crippen molar-refractivity contribution in [2.24, 2.45) is 0 Å². The minimum Gasteiger partial charge on any atom is -0.472 e. The van der Waals surface area contributed by atoms with Gasteiger partial charge in [0.2, 0.25) is 5.88 Å². The Kier molecular flexibility index (Phi) is 5.15. The molecule has 0 radical (unpaired) electrons. The summed E-state index contributed by atoms with van der Waals surface area (Å²) < 4.78 is 5.81. The van der Waals surface area contributed by atoms with E-state index < -0.39 is 0 Å². The molecule has 0 unspecified atom stereocenters. The first-order chi connectivity index (χ1) is 9.35. The van der Waals surface area contributed by atoms with Gasteiger partial charge in [0.05, 0.1) is 5.56 Å². The zero-order valence-electron chi connectivity index (χ0n) is 11.3. The van der Waals surface area contributed by atoms with Gasteiger partial charge in [0.25, 0.3) is 0 Å². The molecule has 4 nitrogen and oxygen atoms in total. The van der Waals surface area contributed by atoms with Crippen molar-refractivity contribution in [3.8, 4) is 5.88 Å². The first-order valence-electron chi connectivity index (χ1n) is 6.58. The van der Waals surface area contributed by atoms with Crippen molar-refractivity contribution in [3.63, 3.8) is 0 Å². The molecule has 0 bridgehead atoms. The number of ether oxygens (including phenoxy) is 1. The summed E-state index contributed by atoms with van der Waals surface area (Å²) in [5.74, 6) is 1.57. The van der Waals surface area contributed by atoms with E-state index in [1.165, 1.54) is 4.88 Å². The fraction of sp³-hybridized carbons (Fsp3) is 0.429. The first kappa shape index (κ1) is 13.8. The highest BCUT2D eigenvalue weighted by atomic mass is 32.1. The molecule has 1 N–H and O–H groups in total. The van der Waals surface area contributed by atoms with Crippen LogP contribution in [0.5, 0.6) is 5.88 Å². The minimum absolute atomic E-state index is 0.564. The van der Waals surface area contributed by atoms with Crippen molar-refractivity contribution in [3.05, 3.63) is 34.3 Å². The molecule has 0 saturated carbocycles. The Morgan fingerprint density at radius 2 is 2.21 bits per heavy atom. The Hall–Kier alpha value is -1.62. The lowest BCUT2D eigenvalue weighted by atomic mass is 10.2. The predicted octanol–water partition coefficient (Wildman–Crippen LogP) is 3.50. The summed E-state index contributed by atoms with van der Waals surface area (Å²) in [4.78, 5) is 9.74. The minimum atomic E-state index is 0.564. The summed E-state index contributed by atoms with van der Waals surface area (Å²) in [6, 6.07) is 4.09. The Morgan fingerprint density at radius 1 is 1.32 bits per heavy atom. The highest BCUT2D eigenvalue weighted by molar-refractivity contribution is 7.09. The monoisotopic (exact) mass is 277 g/mol. The molecule has 2 heterocycles. The summed E-state index contributed by atoms with van der Waals surface area (Å²) in [6.45, 7) is 5.70. The van der Waals surface area contributed by atoms with Crippen LogP contribution in [0.25, 0.3) is 0 Å². The Balaban J connectivity index is 2.10. The van der Waals surface area contributed by atoms with E-state index in [1.54, 1.807) is 17.7 Å². The van der Waals surface area contributed by atoms with Gasteiger partial charge < -0.3 is 10.1 Å². The normalized spacial score (nSPS) is 10.4. The van der Waals surface area contributed by atoms with Crippen molar-refractivity contribution in [2.45, 2.75) is 33.3 Å². The third kappa shape index (κ3) is 3.67. The van der Waals surface area contributed by atoms with E-state index in [9.17, 15) is 0 Å². The molecule has 2 rings (SSSR count). The molecule has 19 heavy (non-hydrogen) atoms. The van der Waals surface area contributed by atoms with Crippen LogP contribution in [0.15, 0.2) is 23.8 Å². The fourth-order valence-electron chi connectivity index (χ4n) is 1.77. The van der Waals surface area contributed by atoms with Gasteiger partial charge in [-0.25, -0.2) is 9.97 Å². The maximum absolute atomic E-state index is 5.81. The van der Waals surface area contributed by atoms with E-state index in [2.05, 4.69) is 35.2 Å². The van der Waals surface area contributed by atoms with Crippen LogP contribution >= 0.6 is 11.3 Å². The summed E-state index contributed by atoms with van der Waals surface area (Å²) in [5, 5.41) is 5.37. The number of hydrogen-bond donors (Lipinski definition) is 1. The summed E-state index contributed by atoms with van der Waals surface area (Å²) in [6.07, 6.45) is 3.48. The van der Waals surface area contributed by atoms with Crippen LogP contribution in [-0.4, -0.2) is 16.5 Å². The molecule has 0 aliphatic rings. The molecule has 2 aromatic rings. The van der Waals surface area contributed by atoms with Crippen molar-refractivity contribution in [1.82, 2.24) is 9.97 Å². The Bertz CT molecular complexity index is 499. The molecule has 0 aliphatic heterocycles. The lowest BCUT2D eigenvalue weighted by molar-refractivity contribution is 0.293. The number of anilines is 1. The van der Waals surface area contributed by atoms with Gasteiger partial charge in [-0.2, -0.15) is 0 Å². The summed E-state index contributed by atoms with van der Waals surface area (Å²) in [5.41, 5.74) is 1.05. The molecule has 0 aromatic carbocycles. The smallest absolute Gasteiger partial charge is 0.222 e. The third-order valence-corrected chi connectivity index (χ3v) is 3.58. The molecule has 0 aliphatic carbocycles. The topological polar surface area (TPSA) is 47.0 Å². The molecule has 0 fully saturated rings. The quantitative estimate of drug-likeness (QED) is 0.841. The molecular weight excluding hydrogens is 258 g/mol. The van der Waals surface area contributed by atoms with Crippen LogP contribution in [0.3, 0.4) is 0 Å². The van der Waals surface area contributed by atoms with Gasteiger partial charge in [-0.05, 0) is 24.3 Å². The van der Waals surface area contributed by atoms with E-state index in [0.717, 1.165) is 30.8 Å². The summed E-state index contributed by atoms with van der Waals surface area (Å²) >= 11 is 1.69. The van der Waals surface area contributed by atoms with E-state index in [-0.39, 0.29) is 0 Å². The lowest BCUT2D eigenvalue weighted by Crippen LogP contribution is -2.08. The molecule has 2 aromatic heterocycles. The Morgan fingerprint density at radius 3 is 2.89 bits per heavy atom. The van der Waals surface area contributed by atoms with E-state index >= 15 is 0 Å². The van der Waals surface area contributed by atoms with Crippen molar-refractivity contribution in [2.75, 3.05) is 11.9 Å². The van der Waals surface area contributed by atoms with Crippen LogP contribution in [0.2, 0.25) is 0 Å². The van der Waals surface area contributed by atoms with Crippen molar-refractivity contribution >= 4 is 17.2 Å². The zero-order valence-corrected chi connectivity index (χ0v) is 12.2. The van der Waals surface area contributed by atoms with Crippen LogP contribution < -0.4 is 10.1 Å². The van der Waals surface area contributed by atoms with Gasteiger partial charge in [-0.15, -0.1) is 11.3 Å². The fourth-order valence-corrected chi connectivity index (χ4v) is 2.39. The predicted molar refractivity (Wildman–Crippen MR) is 78.8 cm³/mol. The largest absolute Gasteiger partial charge is 0.472 e. The highest BCUT2D eigenvalue weighted by Crippen LogP contribution is 2.23. The van der Waals surface area contributed by atoms with Gasteiger partial charge in [-0.3, -0.25) is 0 Å². The van der Waals surface area contributed by atoms with E-state index in [4.69, 9.17) is 4.74 Å². The molecule has 0 atom stereocenters. The lowest BCUT2D eigenvalue weighted by Gasteiger charge is -2.13. The maximum atomic E-state index is 5.81. The van der Waals surface area contributed by atoms with Gasteiger partial charge in [0.1, 0.15) is 18.8 Å². The second-order valence-corrected chi connectivity index (χ2v) is 5.19. The zero-order chi connectivity index (χ0) is 13.5. The highest BCUT2D eigenvalue weighted by Gasteiger charge is 2.10. The van der Waals surface area contributed by atoms with Crippen LogP contribution in [0.4, 0.5) is 5.82 Å². The van der Waals surface area contributed by atoms with Crippen LogP contribution in [0.1, 0.15) is 30.7 Å². The number of nitrogens with zero attached hydrogens (tertiary/aromatic N) is 2. The average molecular weight is 277 g/mol. The first-order valence-corrected chi connectivity index (χ1v) is 7.46. The van der Waals surface area contributed by atoms with Crippen LogP contribution in [-0.2, 0) is 13.0 Å². The maximum Gasteiger partial charge on any atom is 0.222 e. The number of nitrogens with one attached hydrogen (secondary N) is 1. The Labute approximate surface area is 117 Å².